The molecule has 0 aliphatic carbocycles. The van der Waals surface area contributed by atoms with E-state index in [1.807, 2.05) is 13.8 Å². The van der Waals surface area contributed by atoms with Crippen molar-refractivity contribution in [3.05, 3.63) is 0 Å². The number of cyclic esters (lactones) is 1. The average Bonchev–Trinajstić information content (AvgIpc) is 2.08. The van der Waals surface area contributed by atoms with Crippen molar-refractivity contribution in [1.29, 1.82) is 0 Å². The first-order valence-corrected chi connectivity index (χ1v) is 4.46. The molecule has 4 atom stereocenters. The Morgan fingerprint density at radius 2 is 2.08 bits per heavy atom. The van der Waals surface area contributed by atoms with Crippen LogP contribution in [0.2, 0.25) is 0 Å². The van der Waals surface area contributed by atoms with Crippen molar-refractivity contribution < 1.29 is 14.6 Å². The van der Waals surface area contributed by atoms with Crippen molar-refractivity contribution >= 4 is 5.97 Å². The molecular weight excluding hydrogens is 156 g/mol. The first-order valence-electron chi connectivity index (χ1n) is 4.46. The fraction of sp³-hybridized carbons (Fsp3) is 0.889. The highest BCUT2D eigenvalue weighted by Gasteiger charge is 2.39. The van der Waals surface area contributed by atoms with Gasteiger partial charge < -0.3 is 9.84 Å². The maximum Gasteiger partial charge on any atom is 0.311 e. The van der Waals surface area contributed by atoms with Crippen LogP contribution in [0.1, 0.15) is 27.2 Å². The summed E-state index contributed by atoms with van der Waals surface area (Å²) in [4.78, 5) is 11.1. The number of ether oxygens (including phenoxy) is 1. The maximum atomic E-state index is 11.1. The fourth-order valence-corrected chi connectivity index (χ4v) is 1.63. The van der Waals surface area contributed by atoms with Gasteiger partial charge in [-0.15, -0.1) is 0 Å². The van der Waals surface area contributed by atoms with Crippen LogP contribution in [-0.4, -0.2) is 23.3 Å². The van der Waals surface area contributed by atoms with E-state index in [1.165, 1.54) is 0 Å². The molecule has 0 aromatic carbocycles. The third-order valence-corrected chi connectivity index (χ3v) is 2.68. The van der Waals surface area contributed by atoms with Gasteiger partial charge in [0.25, 0.3) is 0 Å². The Bertz CT molecular complexity index is 177. The van der Waals surface area contributed by atoms with E-state index in [2.05, 4.69) is 0 Å². The van der Waals surface area contributed by atoms with Crippen LogP contribution in [0.3, 0.4) is 0 Å². The molecule has 1 saturated heterocycles. The van der Waals surface area contributed by atoms with Crippen molar-refractivity contribution in [3.63, 3.8) is 0 Å². The Hall–Kier alpha value is -0.570. The van der Waals surface area contributed by atoms with Gasteiger partial charge >= 0.3 is 5.97 Å². The predicted octanol–water partition coefficient (Wildman–Crippen LogP) is 0.955. The van der Waals surface area contributed by atoms with Gasteiger partial charge in [-0.1, -0.05) is 13.8 Å². The third kappa shape index (κ3) is 1.46. The van der Waals surface area contributed by atoms with Crippen LogP contribution in [0, 0.1) is 11.8 Å². The lowest BCUT2D eigenvalue weighted by Crippen LogP contribution is -2.46. The highest BCUT2D eigenvalue weighted by molar-refractivity contribution is 5.73. The van der Waals surface area contributed by atoms with Crippen LogP contribution in [0.15, 0.2) is 0 Å². The monoisotopic (exact) mass is 172 g/mol. The lowest BCUT2D eigenvalue weighted by Gasteiger charge is -2.35. The van der Waals surface area contributed by atoms with Gasteiger partial charge in [-0.3, -0.25) is 4.79 Å². The molecule has 0 aromatic heterocycles. The van der Waals surface area contributed by atoms with E-state index in [-0.39, 0.29) is 23.9 Å². The largest absolute Gasteiger partial charge is 0.462 e. The smallest absolute Gasteiger partial charge is 0.311 e. The minimum absolute atomic E-state index is 0.0581. The predicted molar refractivity (Wildman–Crippen MR) is 44.5 cm³/mol. The highest BCUT2D eigenvalue weighted by atomic mass is 16.5. The molecule has 1 rings (SSSR count). The first-order chi connectivity index (χ1) is 5.57. The van der Waals surface area contributed by atoms with Gasteiger partial charge in [-0.05, 0) is 13.3 Å². The second-order valence-electron chi connectivity index (χ2n) is 3.52. The number of carbonyl (C=O) groups excluding carboxylic acids is 1. The lowest BCUT2D eigenvalue weighted by atomic mass is 9.85. The van der Waals surface area contributed by atoms with Gasteiger partial charge in [-0.25, -0.2) is 0 Å². The standard InChI is InChI=1S/C9H16O3/c1-4-7-5(2)8(10)6(3)9(11)12-7/h5-8,10H,4H2,1-3H3/t5-,6-,7?,8+/m1/s1. The summed E-state index contributed by atoms with van der Waals surface area (Å²) in [5.74, 6) is -0.585. The van der Waals surface area contributed by atoms with E-state index in [9.17, 15) is 9.90 Å². The van der Waals surface area contributed by atoms with Crippen LogP contribution >= 0.6 is 0 Å². The molecular formula is C9H16O3. The average molecular weight is 172 g/mol. The van der Waals surface area contributed by atoms with E-state index < -0.39 is 6.10 Å². The number of aliphatic hydroxyl groups is 1. The summed E-state index contributed by atoms with van der Waals surface area (Å²) in [6.45, 7) is 5.58. The maximum absolute atomic E-state index is 11.1. The van der Waals surface area contributed by atoms with Crippen LogP contribution in [0.25, 0.3) is 0 Å². The molecule has 0 saturated carbocycles. The number of hydrogen-bond donors (Lipinski definition) is 1. The van der Waals surface area contributed by atoms with Crippen molar-refractivity contribution in [3.8, 4) is 0 Å². The van der Waals surface area contributed by atoms with Gasteiger partial charge in [0, 0.05) is 5.92 Å². The summed E-state index contributed by atoms with van der Waals surface area (Å²) < 4.78 is 5.13. The lowest BCUT2D eigenvalue weighted by molar-refractivity contribution is -0.177. The minimum Gasteiger partial charge on any atom is -0.462 e. The summed E-state index contributed by atoms with van der Waals surface area (Å²) in [6.07, 6.45) is 0.122. The van der Waals surface area contributed by atoms with Gasteiger partial charge in [0.1, 0.15) is 6.10 Å². The Morgan fingerprint density at radius 3 is 2.58 bits per heavy atom. The molecule has 3 heteroatoms. The Labute approximate surface area is 72.7 Å². The van der Waals surface area contributed by atoms with Crippen LogP contribution < -0.4 is 0 Å². The number of hydrogen-bond acceptors (Lipinski definition) is 3. The summed E-state index contributed by atoms with van der Waals surface area (Å²) >= 11 is 0. The Kier molecular flexibility index (Phi) is 2.73. The summed E-state index contributed by atoms with van der Waals surface area (Å²) in [5, 5.41) is 9.62. The molecule has 0 bridgehead atoms. The van der Waals surface area contributed by atoms with E-state index in [0.29, 0.717) is 0 Å². The Morgan fingerprint density at radius 1 is 1.50 bits per heavy atom. The van der Waals surface area contributed by atoms with E-state index in [0.717, 1.165) is 6.42 Å². The quantitative estimate of drug-likeness (QED) is 0.599. The summed E-state index contributed by atoms with van der Waals surface area (Å²) in [7, 11) is 0. The van der Waals surface area contributed by atoms with Gasteiger partial charge in [0.2, 0.25) is 0 Å². The molecule has 0 spiro atoms. The van der Waals surface area contributed by atoms with Gasteiger partial charge in [0.15, 0.2) is 0 Å². The number of carbonyl (C=O) groups is 1. The number of aliphatic hydroxyl groups excluding tert-OH is 1. The number of esters is 1. The molecule has 1 fully saturated rings. The van der Waals surface area contributed by atoms with Crippen molar-refractivity contribution in [2.45, 2.75) is 39.4 Å². The molecule has 70 valence electrons. The van der Waals surface area contributed by atoms with Crippen LogP contribution in [0.4, 0.5) is 0 Å². The van der Waals surface area contributed by atoms with Crippen LogP contribution in [-0.2, 0) is 9.53 Å². The third-order valence-electron chi connectivity index (χ3n) is 2.68. The van der Waals surface area contributed by atoms with Crippen LogP contribution in [0.5, 0.6) is 0 Å². The van der Waals surface area contributed by atoms with Gasteiger partial charge in [0.05, 0.1) is 12.0 Å². The molecule has 1 unspecified atom stereocenters. The molecule has 1 aliphatic rings. The molecule has 1 heterocycles. The Balaban J connectivity index is 2.70. The topological polar surface area (TPSA) is 46.5 Å². The number of rotatable bonds is 1. The van der Waals surface area contributed by atoms with E-state index in [1.54, 1.807) is 6.92 Å². The fourth-order valence-electron chi connectivity index (χ4n) is 1.63. The van der Waals surface area contributed by atoms with Crippen molar-refractivity contribution in [2.75, 3.05) is 0 Å². The molecule has 12 heavy (non-hydrogen) atoms. The van der Waals surface area contributed by atoms with Crippen molar-refractivity contribution in [1.82, 2.24) is 0 Å². The SMILES string of the molecule is CCC1OC(=O)[C@H](C)[C@@H](O)[C@@H]1C. The first kappa shape index (κ1) is 9.52. The second-order valence-corrected chi connectivity index (χ2v) is 3.52. The van der Waals surface area contributed by atoms with Crippen molar-refractivity contribution in [2.24, 2.45) is 11.8 Å². The van der Waals surface area contributed by atoms with E-state index >= 15 is 0 Å². The zero-order valence-corrected chi connectivity index (χ0v) is 7.78. The molecule has 0 radical (unpaired) electrons. The molecule has 1 N–H and O–H groups in total. The highest BCUT2D eigenvalue weighted by Crippen LogP contribution is 2.27. The molecule has 0 aromatic rings. The molecule has 0 amide bonds. The summed E-state index contributed by atoms with van der Waals surface area (Å²) in [5.41, 5.74) is 0. The second kappa shape index (κ2) is 3.44. The minimum atomic E-state index is -0.545. The molecule has 1 aliphatic heterocycles. The summed E-state index contributed by atoms with van der Waals surface area (Å²) in [6, 6.07) is 0. The van der Waals surface area contributed by atoms with E-state index in [4.69, 9.17) is 4.74 Å². The zero-order chi connectivity index (χ0) is 9.30. The zero-order valence-electron chi connectivity index (χ0n) is 7.78. The normalized spacial score (nSPS) is 42.5. The van der Waals surface area contributed by atoms with Gasteiger partial charge in [-0.2, -0.15) is 0 Å². The molecule has 3 nitrogen and oxygen atoms in total.